The second-order valence-corrected chi connectivity index (χ2v) is 7.23. The largest absolute Gasteiger partial charge is 0.351 e. The summed E-state index contributed by atoms with van der Waals surface area (Å²) in [7, 11) is 0. The Morgan fingerprint density at radius 3 is 2.64 bits per heavy atom. The fourth-order valence-electron chi connectivity index (χ4n) is 2.13. The standard InChI is InChI=1S/C18H23FN4OS/c1-5-11-23-16(13-7-9-14(19)10-8-13)21-22-17(23)25-12-15(24)20-18(3,4)6-2/h5,7-10H,1,6,11-12H2,2-4H3,(H,20,24). The molecule has 0 unspecified atom stereocenters. The Balaban J connectivity index is 2.15. The van der Waals surface area contributed by atoms with E-state index in [4.69, 9.17) is 0 Å². The van der Waals surface area contributed by atoms with Gasteiger partial charge >= 0.3 is 0 Å². The van der Waals surface area contributed by atoms with Crippen LogP contribution in [0.3, 0.4) is 0 Å². The Bertz CT molecular complexity index is 740. The summed E-state index contributed by atoms with van der Waals surface area (Å²) in [5, 5.41) is 12.0. The SMILES string of the molecule is C=CCn1c(SCC(=O)NC(C)(C)CC)nnc1-c1ccc(F)cc1. The van der Waals surface area contributed by atoms with E-state index in [1.54, 1.807) is 18.2 Å². The van der Waals surface area contributed by atoms with Crippen LogP contribution in [0.1, 0.15) is 27.2 Å². The van der Waals surface area contributed by atoms with E-state index in [0.29, 0.717) is 17.5 Å². The molecule has 1 heterocycles. The van der Waals surface area contributed by atoms with Gasteiger partial charge in [-0.3, -0.25) is 9.36 Å². The van der Waals surface area contributed by atoms with Crippen LogP contribution in [0.25, 0.3) is 11.4 Å². The molecule has 2 aromatic rings. The molecule has 0 saturated heterocycles. The lowest BCUT2D eigenvalue weighted by Crippen LogP contribution is -2.43. The highest BCUT2D eigenvalue weighted by Crippen LogP contribution is 2.24. The molecule has 0 radical (unpaired) electrons. The first kappa shape index (κ1) is 19.2. The van der Waals surface area contributed by atoms with Gasteiger partial charge in [-0.2, -0.15) is 0 Å². The van der Waals surface area contributed by atoms with Gasteiger partial charge in [0.2, 0.25) is 5.91 Å². The van der Waals surface area contributed by atoms with Crippen molar-refractivity contribution in [1.82, 2.24) is 20.1 Å². The quantitative estimate of drug-likeness (QED) is 0.575. The molecule has 1 amide bonds. The number of nitrogens with zero attached hydrogens (tertiary/aromatic N) is 3. The first-order valence-electron chi connectivity index (χ1n) is 8.10. The molecule has 7 heteroatoms. The highest BCUT2D eigenvalue weighted by atomic mass is 32.2. The Labute approximate surface area is 151 Å². The molecule has 0 fully saturated rings. The maximum Gasteiger partial charge on any atom is 0.230 e. The Morgan fingerprint density at radius 1 is 1.36 bits per heavy atom. The number of halogens is 1. The van der Waals surface area contributed by atoms with Crippen molar-refractivity contribution in [2.45, 2.75) is 44.4 Å². The minimum Gasteiger partial charge on any atom is -0.351 e. The number of carbonyl (C=O) groups is 1. The number of hydrogen-bond donors (Lipinski definition) is 1. The molecule has 0 atom stereocenters. The van der Waals surface area contributed by atoms with Gasteiger partial charge in [-0.25, -0.2) is 4.39 Å². The molecule has 0 aliphatic rings. The van der Waals surface area contributed by atoms with E-state index in [9.17, 15) is 9.18 Å². The van der Waals surface area contributed by atoms with E-state index in [1.165, 1.54) is 23.9 Å². The zero-order valence-electron chi connectivity index (χ0n) is 14.8. The van der Waals surface area contributed by atoms with Crippen molar-refractivity contribution < 1.29 is 9.18 Å². The molecule has 0 aliphatic heterocycles. The van der Waals surface area contributed by atoms with Gasteiger partial charge in [0.05, 0.1) is 5.75 Å². The molecular formula is C18H23FN4OS. The fraction of sp³-hybridized carbons (Fsp3) is 0.389. The normalized spacial score (nSPS) is 11.4. The smallest absolute Gasteiger partial charge is 0.230 e. The van der Waals surface area contributed by atoms with Crippen molar-refractivity contribution >= 4 is 17.7 Å². The van der Waals surface area contributed by atoms with Crippen LogP contribution in [-0.4, -0.2) is 32.0 Å². The fourth-order valence-corrected chi connectivity index (χ4v) is 2.88. The summed E-state index contributed by atoms with van der Waals surface area (Å²) in [6.07, 6.45) is 2.59. The molecule has 0 aliphatic carbocycles. The zero-order chi connectivity index (χ0) is 18.4. The van der Waals surface area contributed by atoms with E-state index in [0.717, 1.165) is 12.0 Å². The summed E-state index contributed by atoms with van der Waals surface area (Å²) in [6, 6.07) is 6.08. The topological polar surface area (TPSA) is 59.8 Å². The van der Waals surface area contributed by atoms with Gasteiger partial charge < -0.3 is 5.32 Å². The number of allylic oxidation sites excluding steroid dienone is 1. The van der Waals surface area contributed by atoms with Crippen molar-refractivity contribution in [1.29, 1.82) is 0 Å². The minimum atomic E-state index is -0.302. The van der Waals surface area contributed by atoms with Gasteiger partial charge in [0.1, 0.15) is 5.82 Å². The predicted octanol–water partition coefficient (Wildman–Crippen LogP) is 3.67. The van der Waals surface area contributed by atoms with Gasteiger partial charge in [-0.05, 0) is 44.5 Å². The Hall–Kier alpha value is -2.15. The van der Waals surface area contributed by atoms with E-state index in [2.05, 4.69) is 22.1 Å². The lowest BCUT2D eigenvalue weighted by Gasteiger charge is -2.24. The molecule has 25 heavy (non-hydrogen) atoms. The number of hydrogen-bond acceptors (Lipinski definition) is 4. The van der Waals surface area contributed by atoms with E-state index >= 15 is 0 Å². The monoisotopic (exact) mass is 362 g/mol. The lowest BCUT2D eigenvalue weighted by atomic mass is 10.0. The summed E-state index contributed by atoms with van der Waals surface area (Å²) in [4.78, 5) is 12.1. The maximum atomic E-state index is 13.1. The van der Waals surface area contributed by atoms with Crippen LogP contribution in [-0.2, 0) is 11.3 Å². The number of carbonyl (C=O) groups excluding carboxylic acids is 1. The van der Waals surface area contributed by atoms with E-state index < -0.39 is 0 Å². The van der Waals surface area contributed by atoms with E-state index in [-0.39, 0.29) is 23.0 Å². The summed E-state index contributed by atoms with van der Waals surface area (Å²) in [6.45, 7) is 10.3. The van der Waals surface area contributed by atoms with Gasteiger partial charge in [-0.1, -0.05) is 24.8 Å². The molecular weight excluding hydrogens is 339 g/mol. The molecule has 5 nitrogen and oxygen atoms in total. The van der Waals surface area contributed by atoms with Gasteiger partial charge in [-0.15, -0.1) is 16.8 Å². The van der Waals surface area contributed by atoms with Gasteiger partial charge in [0.25, 0.3) is 0 Å². The number of rotatable bonds is 8. The van der Waals surface area contributed by atoms with Crippen molar-refractivity contribution in [2.24, 2.45) is 0 Å². The number of aromatic nitrogens is 3. The number of nitrogens with one attached hydrogen (secondary N) is 1. The summed E-state index contributed by atoms with van der Waals surface area (Å²) in [5.41, 5.74) is 0.533. The molecule has 0 bridgehead atoms. The number of benzene rings is 1. The maximum absolute atomic E-state index is 13.1. The molecule has 1 aromatic carbocycles. The molecule has 1 N–H and O–H groups in total. The zero-order valence-corrected chi connectivity index (χ0v) is 15.6. The van der Waals surface area contributed by atoms with Crippen molar-refractivity contribution in [3.63, 3.8) is 0 Å². The summed E-state index contributed by atoms with van der Waals surface area (Å²) in [5.74, 6) is 0.524. The molecule has 134 valence electrons. The van der Waals surface area contributed by atoms with Gasteiger partial charge in [0, 0.05) is 17.6 Å². The van der Waals surface area contributed by atoms with Crippen LogP contribution < -0.4 is 5.32 Å². The van der Waals surface area contributed by atoms with Crippen molar-refractivity contribution in [3.8, 4) is 11.4 Å². The average molecular weight is 362 g/mol. The molecule has 1 aromatic heterocycles. The predicted molar refractivity (Wildman–Crippen MR) is 98.8 cm³/mol. The third-order valence-electron chi connectivity index (χ3n) is 3.82. The first-order chi connectivity index (χ1) is 11.9. The van der Waals surface area contributed by atoms with Crippen LogP contribution in [0.4, 0.5) is 4.39 Å². The van der Waals surface area contributed by atoms with Crippen LogP contribution in [0.5, 0.6) is 0 Å². The molecule has 2 rings (SSSR count). The third kappa shape index (κ3) is 5.16. The first-order valence-corrected chi connectivity index (χ1v) is 9.08. The Morgan fingerprint density at radius 2 is 2.04 bits per heavy atom. The third-order valence-corrected chi connectivity index (χ3v) is 4.79. The molecule has 0 spiro atoms. The summed E-state index contributed by atoms with van der Waals surface area (Å²) < 4.78 is 15.0. The summed E-state index contributed by atoms with van der Waals surface area (Å²) >= 11 is 1.32. The van der Waals surface area contributed by atoms with E-state index in [1.807, 2.05) is 25.3 Å². The van der Waals surface area contributed by atoms with Crippen molar-refractivity contribution in [2.75, 3.05) is 5.75 Å². The lowest BCUT2D eigenvalue weighted by molar-refractivity contribution is -0.120. The second kappa shape index (κ2) is 8.29. The number of amides is 1. The van der Waals surface area contributed by atoms with Crippen molar-refractivity contribution in [3.05, 3.63) is 42.7 Å². The Kier molecular flexibility index (Phi) is 6.36. The average Bonchev–Trinajstić information content (AvgIpc) is 2.96. The van der Waals surface area contributed by atoms with Crippen LogP contribution >= 0.6 is 11.8 Å². The second-order valence-electron chi connectivity index (χ2n) is 6.29. The highest BCUT2D eigenvalue weighted by Gasteiger charge is 2.19. The highest BCUT2D eigenvalue weighted by molar-refractivity contribution is 7.99. The van der Waals surface area contributed by atoms with Gasteiger partial charge in [0.15, 0.2) is 11.0 Å². The van der Waals surface area contributed by atoms with Crippen LogP contribution in [0.15, 0.2) is 42.1 Å². The van der Waals surface area contributed by atoms with Crippen LogP contribution in [0, 0.1) is 5.82 Å². The minimum absolute atomic E-state index is 0.0478. The number of thioether (sulfide) groups is 1. The van der Waals surface area contributed by atoms with Crippen LogP contribution in [0.2, 0.25) is 0 Å². The molecule has 0 saturated carbocycles.